The van der Waals surface area contributed by atoms with Gasteiger partial charge in [0.2, 0.25) is 0 Å². The Kier molecular flexibility index (Phi) is 5.47. The van der Waals surface area contributed by atoms with E-state index in [0.29, 0.717) is 6.54 Å². The second kappa shape index (κ2) is 7.97. The second-order valence-electron chi connectivity index (χ2n) is 6.69. The Morgan fingerprint density at radius 1 is 1.07 bits per heavy atom. The highest BCUT2D eigenvalue weighted by molar-refractivity contribution is 5.95. The van der Waals surface area contributed by atoms with Gasteiger partial charge in [-0.3, -0.25) is 14.9 Å². The van der Waals surface area contributed by atoms with Crippen LogP contribution in [-0.2, 0) is 11.3 Å². The molecular weight excluding hydrogens is 342 g/mol. The average Bonchev–Trinajstić information content (AvgIpc) is 2.67. The number of nitro groups is 1. The number of hydrogen-bond acceptors (Lipinski definition) is 3. The molecule has 0 radical (unpaired) electrons. The van der Waals surface area contributed by atoms with Crippen LogP contribution in [0.3, 0.4) is 0 Å². The number of anilines is 1. The van der Waals surface area contributed by atoms with Crippen LogP contribution in [0.5, 0.6) is 0 Å². The van der Waals surface area contributed by atoms with Crippen LogP contribution in [-0.4, -0.2) is 23.9 Å². The highest BCUT2D eigenvalue weighted by atomic mass is 16.6. The summed E-state index contributed by atoms with van der Waals surface area (Å²) >= 11 is 0. The quantitative estimate of drug-likeness (QED) is 0.522. The molecule has 0 heterocycles. The normalized spacial score (nSPS) is 13.1. The van der Waals surface area contributed by atoms with Gasteiger partial charge >= 0.3 is 0 Å². The van der Waals surface area contributed by atoms with Crippen molar-refractivity contribution in [1.29, 1.82) is 0 Å². The fraction of sp³-hybridized carbons (Fsp3) is 0.190. The predicted octanol–water partition coefficient (Wildman–Crippen LogP) is 2.79. The molecule has 3 aromatic carbocycles. The maximum absolute atomic E-state index is 12.6. The lowest BCUT2D eigenvalue weighted by Crippen LogP contribution is -3.12. The minimum Gasteiger partial charge on any atom is -0.324 e. The van der Waals surface area contributed by atoms with E-state index in [9.17, 15) is 14.9 Å². The summed E-state index contributed by atoms with van der Waals surface area (Å²) in [5.74, 6) is -0.248. The monoisotopic (exact) mass is 364 g/mol. The molecule has 3 aromatic rings. The van der Waals surface area contributed by atoms with E-state index < -0.39 is 4.92 Å². The lowest BCUT2D eigenvalue weighted by molar-refractivity contribution is -0.907. The molecule has 0 bridgehead atoms. The summed E-state index contributed by atoms with van der Waals surface area (Å²) in [6.45, 7) is 2.50. The standard InChI is InChI=1S/C21H21N3O3/c1-15(21(25)22-19-9-5-6-10-20(19)24(26)27)23(2)14-16-11-12-17-7-3-4-8-18(17)13-16/h3-13,15H,14H2,1-2H3,(H,22,25)/p+1/t15-/m1/s1. The molecule has 0 saturated carbocycles. The van der Waals surface area contributed by atoms with Crippen molar-refractivity contribution in [2.24, 2.45) is 0 Å². The molecule has 0 saturated heterocycles. The second-order valence-corrected chi connectivity index (χ2v) is 6.69. The van der Waals surface area contributed by atoms with Crippen LogP contribution in [0.15, 0.2) is 66.7 Å². The minimum absolute atomic E-state index is 0.106. The summed E-state index contributed by atoms with van der Waals surface area (Å²) in [5.41, 5.74) is 1.25. The number of carbonyl (C=O) groups excluding carboxylic acids is 1. The Hall–Kier alpha value is -3.25. The molecule has 2 atom stereocenters. The van der Waals surface area contributed by atoms with Crippen LogP contribution in [0.2, 0.25) is 0 Å². The van der Waals surface area contributed by atoms with Crippen molar-refractivity contribution in [3.8, 4) is 0 Å². The Morgan fingerprint density at radius 3 is 2.48 bits per heavy atom. The number of amides is 1. The largest absolute Gasteiger partial charge is 0.324 e. The number of likely N-dealkylation sites (N-methyl/N-ethyl adjacent to an activating group) is 1. The zero-order valence-electron chi connectivity index (χ0n) is 15.3. The van der Waals surface area contributed by atoms with Crippen molar-refractivity contribution in [3.63, 3.8) is 0 Å². The molecule has 0 aliphatic rings. The van der Waals surface area contributed by atoms with Gasteiger partial charge in [0, 0.05) is 11.6 Å². The number of quaternary nitrogens is 1. The maximum atomic E-state index is 12.6. The average molecular weight is 364 g/mol. The van der Waals surface area contributed by atoms with Crippen molar-refractivity contribution in [3.05, 3.63) is 82.4 Å². The third kappa shape index (κ3) is 4.30. The SMILES string of the molecule is C[C@H](C(=O)Nc1ccccc1[N+](=O)[O-])[NH+](C)Cc1ccc2ccccc2c1. The van der Waals surface area contributed by atoms with Gasteiger partial charge in [0.15, 0.2) is 6.04 Å². The van der Waals surface area contributed by atoms with Gasteiger partial charge in [-0.1, -0.05) is 48.5 Å². The molecule has 3 rings (SSSR count). The highest BCUT2D eigenvalue weighted by Crippen LogP contribution is 2.23. The first kappa shape index (κ1) is 18.5. The molecule has 0 fully saturated rings. The Bertz CT molecular complexity index is 987. The van der Waals surface area contributed by atoms with Gasteiger partial charge in [0.1, 0.15) is 12.2 Å². The van der Waals surface area contributed by atoms with E-state index in [1.165, 1.54) is 16.8 Å². The van der Waals surface area contributed by atoms with Gasteiger partial charge in [-0.15, -0.1) is 0 Å². The topological polar surface area (TPSA) is 76.7 Å². The van der Waals surface area contributed by atoms with Gasteiger partial charge in [-0.25, -0.2) is 0 Å². The van der Waals surface area contributed by atoms with E-state index in [1.54, 1.807) is 18.2 Å². The molecule has 1 amide bonds. The van der Waals surface area contributed by atoms with Crippen molar-refractivity contribution >= 4 is 28.1 Å². The molecule has 0 aromatic heterocycles. The molecule has 27 heavy (non-hydrogen) atoms. The number of rotatable bonds is 6. The summed E-state index contributed by atoms with van der Waals surface area (Å²) in [5, 5.41) is 16.1. The van der Waals surface area contributed by atoms with Crippen molar-refractivity contribution in [1.82, 2.24) is 0 Å². The molecule has 2 N–H and O–H groups in total. The molecule has 1 unspecified atom stereocenters. The maximum Gasteiger partial charge on any atom is 0.292 e. The predicted molar refractivity (Wildman–Crippen MR) is 106 cm³/mol. The van der Waals surface area contributed by atoms with E-state index in [0.717, 1.165) is 10.5 Å². The lowest BCUT2D eigenvalue weighted by atomic mass is 10.1. The zero-order chi connectivity index (χ0) is 19.4. The Morgan fingerprint density at radius 2 is 1.74 bits per heavy atom. The van der Waals surface area contributed by atoms with Crippen molar-refractivity contribution < 1.29 is 14.6 Å². The van der Waals surface area contributed by atoms with E-state index in [1.807, 2.05) is 26.1 Å². The number of benzene rings is 3. The first-order chi connectivity index (χ1) is 13.0. The van der Waals surface area contributed by atoms with Crippen LogP contribution >= 0.6 is 0 Å². The zero-order valence-corrected chi connectivity index (χ0v) is 15.3. The summed E-state index contributed by atoms with van der Waals surface area (Å²) in [7, 11) is 1.94. The number of nitrogens with zero attached hydrogens (tertiary/aromatic N) is 1. The summed E-state index contributed by atoms with van der Waals surface area (Å²) in [4.78, 5) is 24.2. The third-order valence-electron chi connectivity index (χ3n) is 4.79. The van der Waals surface area contributed by atoms with E-state index >= 15 is 0 Å². The fourth-order valence-electron chi connectivity index (χ4n) is 3.03. The van der Waals surface area contributed by atoms with Gasteiger partial charge in [0.05, 0.1) is 12.0 Å². The number of nitrogens with one attached hydrogen (secondary N) is 2. The van der Waals surface area contributed by atoms with Gasteiger partial charge < -0.3 is 10.2 Å². The number of hydrogen-bond donors (Lipinski definition) is 2. The molecule has 6 heteroatoms. The Labute approximate surface area is 157 Å². The van der Waals surface area contributed by atoms with Gasteiger partial charge in [-0.2, -0.15) is 0 Å². The van der Waals surface area contributed by atoms with Crippen molar-refractivity contribution in [2.45, 2.75) is 19.5 Å². The molecule has 6 nitrogen and oxygen atoms in total. The van der Waals surface area contributed by atoms with E-state index in [2.05, 4.69) is 35.6 Å². The van der Waals surface area contributed by atoms with Gasteiger partial charge in [-0.05, 0) is 29.8 Å². The van der Waals surface area contributed by atoms with Crippen LogP contribution in [0.1, 0.15) is 12.5 Å². The number of nitro benzene ring substituents is 1. The number of fused-ring (bicyclic) bond motifs is 1. The van der Waals surface area contributed by atoms with E-state index in [4.69, 9.17) is 0 Å². The van der Waals surface area contributed by atoms with Crippen molar-refractivity contribution in [2.75, 3.05) is 12.4 Å². The summed E-state index contributed by atoms with van der Waals surface area (Å²) < 4.78 is 0. The number of carbonyl (C=O) groups is 1. The fourth-order valence-corrected chi connectivity index (χ4v) is 3.03. The molecule has 138 valence electrons. The lowest BCUT2D eigenvalue weighted by Gasteiger charge is -2.21. The smallest absolute Gasteiger partial charge is 0.292 e. The third-order valence-corrected chi connectivity index (χ3v) is 4.79. The van der Waals surface area contributed by atoms with Gasteiger partial charge in [0.25, 0.3) is 11.6 Å². The summed E-state index contributed by atoms with van der Waals surface area (Å²) in [6.07, 6.45) is 0. The first-order valence-electron chi connectivity index (χ1n) is 8.80. The Balaban J connectivity index is 1.69. The van der Waals surface area contributed by atoms with E-state index in [-0.39, 0.29) is 23.3 Å². The molecule has 0 spiro atoms. The van der Waals surface area contributed by atoms with Crippen LogP contribution in [0.4, 0.5) is 11.4 Å². The molecular formula is C21H22N3O3+. The minimum atomic E-state index is -0.494. The first-order valence-corrected chi connectivity index (χ1v) is 8.80. The number of para-hydroxylation sites is 2. The molecule has 0 aliphatic carbocycles. The highest BCUT2D eigenvalue weighted by Gasteiger charge is 2.24. The van der Waals surface area contributed by atoms with Crippen LogP contribution in [0.25, 0.3) is 10.8 Å². The van der Waals surface area contributed by atoms with Crippen LogP contribution < -0.4 is 10.2 Å². The molecule has 0 aliphatic heterocycles. The summed E-state index contributed by atoms with van der Waals surface area (Å²) in [6, 6.07) is 20.2. The van der Waals surface area contributed by atoms with Crippen LogP contribution in [0, 0.1) is 10.1 Å².